The van der Waals surface area contributed by atoms with Gasteiger partial charge in [0.15, 0.2) is 0 Å². The third-order valence-electron chi connectivity index (χ3n) is 5.54. The van der Waals surface area contributed by atoms with Gasteiger partial charge in [-0.05, 0) is 84.8 Å². The minimum Gasteiger partial charge on any atom is -0.0676 e. The number of hydrogen-bond acceptors (Lipinski definition) is 0. The van der Waals surface area contributed by atoms with Gasteiger partial charge in [-0.2, -0.15) is 0 Å². The summed E-state index contributed by atoms with van der Waals surface area (Å²) in [5.41, 5.74) is 1.21. The van der Waals surface area contributed by atoms with Crippen molar-refractivity contribution in [1.29, 1.82) is 0 Å². The van der Waals surface area contributed by atoms with E-state index in [-0.39, 0.29) is 5.92 Å². The van der Waals surface area contributed by atoms with E-state index in [9.17, 15) is 0 Å². The molecule has 0 bridgehead atoms. The minimum atomic E-state index is 0.0157. The zero-order chi connectivity index (χ0) is 17.8. The highest BCUT2D eigenvalue weighted by atomic mass is 14.1. The van der Waals surface area contributed by atoms with Crippen LogP contribution in [-0.2, 0) is 0 Å². The van der Waals surface area contributed by atoms with Crippen LogP contribution < -0.4 is 0 Å². The van der Waals surface area contributed by atoms with Gasteiger partial charge in [-0.15, -0.1) is 0 Å². The van der Waals surface area contributed by atoms with E-state index in [2.05, 4.69) is 103 Å². The van der Waals surface area contributed by atoms with Gasteiger partial charge in [0, 0.05) is 0 Å². The standard InChI is InChI=1S/C27H14/c1-2-7-18(6-1)24-11-5-10-21-15-23-13-12-22-14-19-8-3-4-9-20(19)16-25(22)27(23)17-26(21)24/h3-5,8-18H. The zero-order valence-electron chi connectivity index (χ0n) is 14.6. The fourth-order valence-corrected chi connectivity index (χ4v) is 4.21. The Morgan fingerprint density at radius 1 is 0.481 bits per heavy atom. The molecule has 0 N–H and O–H groups in total. The molecule has 1 aliphatic carbocycles. The van der Waals surface area contributed by atoms with E-state index < -0.39 is 0 Å². The van der Waals surface area contributed by atoms with E-state index >= 15 is 0 Å². The summed E-state index contributed by atoms with van der Waals surface area (Å²) < 4.78 is 0. The van der Waals surface area contributed by atoms with Gasteiger partial charge in [0.25, 0.3) is 0 Å². The lowest BCUT2D eigenvalue weighted by atomic mass is 9.91. The third kappa shape index (κ3) is 2.15. The van der Waals surface area contributed by atoms with Crippen molar-refractivity contribution in [2.75, 3.05) is 0 Å². The lowest BCUT2D eigenvalue weighted by Gasteiger charge is -2.12. The SMILES string of the molecule is C1#CC(c2cccc3cc4ccc5cc6ccccc6cc5c4cc23)C#C1. The fraction of sp³-hybridized carbons (Fsp3) is 0.0370. The van der Waals surface area contributed by atoms with Crippen LogP contribution in [0.5, 0.6) is 0 Å². The van der Waals surface area contributed by atoms with Gasteiger partial charge in [-0.3, -0.25) is 0 Å². The lowest BCUT2D eigenvalue weighted by molar-refractivity contribution is 1.21. The molecule has 1 aliphatic rings. The van der Waals surface area contributed by atoms with Crippen molar-refractivity contribution in [2.45, 2.75) is 5.92 Å². The normalized spacial score (nSPS) is 13.0. The largest absolute Gasteiger partial charge is 0.109 e. The zero-order valence-corrected chi connectivity index (χ0v) is 14.6. The quantitative estimate of drug-likeness (QED) is 0.188. The monoisotopic (exact) mass is 338 g/mol. The van der Waals surface area contributed by atoms with Crippen molar-refractivity contribution in [1.82, 2.24) is 0 Å². The van der Waals surface area contributed by atoms with Crippen LogP contribution in [0.15, 0.2) is 78.9 Å². The van der Waals surface area contributed by atoms with Gasteiger partial charge in [0.1, 0.15) is 5.92 Å². The third-order valence-corrected chi connectivity index (χ3v) is 5.54. The first kappa shape index (κ1) is 14.4. The van der Waals surface area contributed by atoms with E-state index in [0.29, 0.717) is 0 Å². The Bertz CT molecular complexity index is 1510. The smallest absolute Gasteiger partial charge is 0.0676 e. The molecule has 0 radical (unpaired) electrons. The van der Waals surface area contributed by atoms with Gasteiger partial charge < -0.3 is 0 Å². The number of rotatable bonds is 1. The van der Waals surface area contributed by atoms with Gasteiger partial charge in [0.05, 0.1) is 0 Å². The molecule has 0 fully saturated rings. The Balaban J connectivity index is 1.75. The highest BCUT2D eigenvalue weighted by Gasteiger charge is 2.13. The molecule has 0 unspecified atom stereocenters. The first-order valence-corrected chi connectivity index (χ1v) is 9.16. The minimum absolute atomic E-state index is 0.0157. The van der Waals surface area contributed by atoms with Crippen LogP contribution in [0.4, 0.5) is 0 Å². The predicted octanol–water partition coefficient (Wildman–Crippen LogP) is 6.40. The summed E-state index contributed by atoms with van der Waals surface area (Å²) in [6.07, 6.45) is 0. The number of hydrogen-bond donors (Lipinski definition) is 0. The highest BCUT2D eigenvalue weighted by molar-refractivity contribution is 6.15. The summed E-state index contributed by atoms with van der Waals surface area (Å²) in [4.78, 5) is 0. The van der Waals surface area contributed by atoms with E-state index in [1.54, 1.807) is 0 Å². The topological polar surface area (TPSA) is 0 Å². The molecule has 0 heteroatoms. The van der Waals surface area contributed by atoms with Gasteiger partial charge in [0.2, 0.25) is 0 Å². The van der Waals surface area contributed by atoms with Crippen molar-refractivity contribution < 1.29 is 0 Å². The van der Waals surface area contributed by atoms with E-state index in [1.807, 2.05) is 0 Å². The Morgan fingerprint density at radius 2 is 1.07 bits per heavy atom. The van der Waals surface area contributed by atoms with E-state index in [4.69, 9.17) is 0 Å². The maximum absolute atomic E-state index is 3.20. The Morgan fingerprint density at radius 3 is 1.85 bits per heavy atom. The van der Waals surface area contributed by atoms with Gasteiger partial charge >= 0.3 is 0 Å². The number of fused-ring (bicyclic) bond motifs is 5. The summed E-state index contributed by atoms with van der Waals surface area (Å²) in [5.74, 6) is 12.2. The van der Waals surface area contributed by atoms with Crippen molar-refractivity contribution >= 4 is 43.1 Å². The summed E-state index contributed by atoms with van der Waals surface area (Å²) in [5, 5.41) is 10.2. The van der Waals surface area contributed by atoms with Crippen LogP contribution in [0.3, 0.4) is 0 Å². The Hall–Kier alpha value is -3.74. The molecule has 0 aromatic heterocycles. The summed E-state index contributed by atoms with van der Waals surface area (Å²) in [6.45, 7) is 0. The number of benzene rings is 5. The van der Waals surface area contributed by atoms with E-state index in [1.165, 1.54) is 48.7 Å². The molecule has 27 heavy (non-hydrogen) atoms. The van der Waals surface area contributed by atoms with E-state index in [0.717, 1.165) is 0 Å². The fourth-order valence-electron chi connectivity index (χ4n) is 4.21. The van der Waals surface area contributed by atoms with Crippen molar-refractivity contribution in [3.8, 4) is 23.7 Å². The maximum Gasteiger partial charge on any atom is 0.109 e. The van der Waals surface area contributed by atoms with Crippen LogP contribution in [0.2, 0.25) is 0 Å². The lowest BCUT2D eigenvalue weighted by Crippen LogP contribution is -1.92. The molecular weight excluding hydrogens is 324 g/mol. The summed E-state index contributed by atoms with van der Waals surface area (Å²) in [6, 6.07) is 28.7. The molecule has 6 rings (SSSR count). The molecule has 5 aromatic carbocycles. The first-order chi connectivity index (χ1) is 13.4. The molecule has 0 saturated heterocycles. The average molecular weight is 338 g/mol. The van der Waals surface area contributed by atoms with Crippen LogP contribution >= 0.6 is 0 Å². The average Bonchev–Trinajstić information content (AvgIpc) is 3.25. The summed E-state index contributed by atoms with van der Waals surface area (Å²) in [7, 11) is 0. The maximum atomic E-state index is 3.20. The van der Waals surface area contributed by atoms with Crippen molar-refractivity contribution in [3.05, 3.63) is 84.4 Å². The van der Waals surface area contributed by atoms with Crippen molar-refractivity contribution in [2.24, 2.45) is 0 Å². The molecule has 5 aromatic rings. The van der Waals surface area contributed by atoms with Crippen molar-refractivity contribution in [3.63, 3.8) is 0 Å². The second-order valence-corrected chi connectivity index (χ2v) is 7.10. The van der Waals surface area contributed by atoms with Crippen LogP contribution in [0.1, 0.15) is 11.5 Å². The van der Waals surface area contributed by atoms with Gasteiger partial charge in [-0.1, -0.05) is 66.4 Å². The Kier molecular flexibility index (Phi) is 2.87. The predicted molar refractivity (Wildman–Crippen MR) is 115 cm³/mol. The molecule has 0 nitrogen and oxygen atoms in total. The molecule has 122 valence electrons. The molecular formula is C27H14. The molecule has 0 heterocycles. The molecule has 0 aliphatic heterocycles. The first-order valence-electron chi connectivity index (χ1n) is 9.16. The second-order valence-electron chi connectivity index (χ2n) is 7.10. The summed E-state index contributed by atoms with van der Waals surface area (Å²) >= 11 is 0. The van der Waals surface area contributed by atoms with Gasteiger partial charge in [-0.25, -0.2) is 0 Å². The molecule has 0 atom stereocenters. The van der Waals surface area contributed by atoms with Crippen LogP contribution in [-0.4, -0.2) is 0 Å². The highest BCUT2D eigenvalue weighted by Crippen LogP contribution is 2.34. The second kappa shape index (κ2) is 5.38. The molecule has 0 spiro atoms. The van der Waals surface area contributed by atoms with Crippen LogP contribution in [0.25, 0.3) is 43.1 Å². The van der Waals surface area contributed by atoms with Crippen LogP contribution in [0, 0.1) is 23.7 Å². The molecule has 0 amide bonds. The Labute approximate surface area is 157 Å². The molecule has 0 saturated carbocycles.